The molecule has 0 unspecified atom stereocenters. The average molecular weight is 271 g/mol. The lowest BCUT2D eigenvalue weighted by molar-refractivity contribution is 0.923. The molecule has 4 nitrogen and oxygen atoms in total. The predicted molar refractivity (Wildman–Crippen MR) is 71.0 cm³/mol. The van der Waals surface area contributed by atoms with E-state index >= 15 is 0 Å². The molecule has 19 heavy (non-hydrogen) atoms. The lowest BCUT2D eigenvalue weighted by atomic mass is 10.1. The summed E-state index contributed by atoms with van der Waals surface area (Å²) in [6.45, 7) is 1.94. The van der Waals surface area contributed by atoms with Gasteiger partial charge in [0.25, 0.3) is 0 Å². The van der Waals surface area contributed by atoms with Crippen molar-refractivity contribution in [3.8, 4) is 24.3 Å². The summed E-state index contributed by atoms with van der Waals surface area (Å²) in [7, 11) is 0. The molecular weight excluding hydrogens is 260 g/mol. The van der Waals surface area contributed by atoms with Gasteiger partial charge < -0.3 is 0 Å². The number of nitrogens with zero attached hydrogens (tertiary/aromatic N) is 4. The Morgan fingerprint density at radius 3 is 2.16 bits per heavy atom. The Bertz CT molecular complexity index is 541. The van der Waals surface area contributed by atoms with Crippen LogP contribution in [0.3, 0.4) is 0 Å². The molecule has 94 valence electrons. The summed E-state index contributed by atoms with van der Waals surface area (Å²) < 4.78 is 0. The molecule has 0 fully saturated rings. The molecule has 0 amide bonds. The molecule has 0 aromatic heterocycles. The molecule has 0 aliphatic heterocycles. The van der Waals surface area contributed by atoms with Gasteiger partial charge in [-0.3, -0.25) is 0 Å². The van der Waals surface area contributed by atoms with Crippen molar-refractivity contribution in [1.82, 2.24) is 0 Å². The standard InChI is InChI=1S/C14H11ClN4/c1-2-3-13(6-12(9-18)10-19)14(15)5-4-11(7-16)8-17/h4-6,11H,2-3H2,1H3/b5-4+,14-13-. The summed E-state index contributed by atoms with van der Waals surface area (Å²) in [4.78, 5) is 0. The lowest BCUT2D eigenvalue weighted by Crippen LogP contribution is -1.88. The van der Waals surface area contributed by atoms with Gasteiger partial charge in [0.1, 0.15) is 17.7 Å². The van der Waals surface area contributed by atoms with Gasteiger partial charge in [-0.15, -0.1) is 0 Å². The van der Waals surface area contributed by atoms with Crippen LogP contribution in [0.4, 0.5) is 0 Å². The van der Waals surface area contributed by atoms with Gasteiger partial charge in [0, 0.05) is 5.03 Å². The van der Waals surface area contributed by atoms with Gasteiger partial charge in [0.15, 0.2) is 5.92 Å². The molecule has 0 heterocycles. The van der Waals surface area contributed by atoms with Crippen molar-refractivity contribution < 1.29 is 0 Å². The number of nitriles is 4. The maximum atomic E-state index is 8.71. The van der Waals surface area contributed by atoms with Crippen molar-refractivity contribution in [2.75, 3.05) is 0 Å². The van der Waals surface area contributed by atoms with Crippen molar-refractivity contribution in [3.63, 3.8) is 0 Å². The van der Waals surface area contributed by atoms with Crippen LogP contribution in [0.2, 0.25) is 0 Å². The summed E-state index contributed by atoms with van der Waals surface area (Å²) in [5.41, 5.74) is 0.597. The second-order valence-electron chi connectivity index (χ2n) is 3.50. The van der Waals surface area contributed by atoms with Crippen LogP contribution in [0.25, 0.3) is 0 Å². The van der Waals surface area contributed by atoms with Crippen molar-refractivity contribution in [1.29, 1.82) is 21.0 Å². The summed E-state index contributed by atoms with van der Waals surface area (Å²) in [5, 5.41) is 35.0. The minimum atomic E-state index is -0.869. The van der Waals surface area contributed by atoms with Crippen LogP contribution >= 0.6 is 11.6 Å². The third-order valence-electron chi connectivity index (χ3n) is 2.10. The number of rotatable bonds is 5. The molecule has 0 aromatic carbocycles. The zero-order valence-electron chi connectivity index (χ0n) is 10.4. The molecule has 5 heteroatoms. The summed E-state index contributed by atoms with van der Waals surface area (Å²) in [5.74, 6) is -0.869. The zero-order chi connectivity index (χ0) is 14.7. The lowest BCUT2D eigenvalue weighted by Gasteiger charge is -2.01. The van der Waals surface area contributed by atoms with Crippen LogP contribution in [0, 0.1) is 51.2 Å². The fraction of sp³-hybridized carbons (Fsp3) is 0.286. The zero-order valence-corrected chi connectivity index (χ0v) is 11.1. The van der Waals surface area contributed by atoms with Crippen molar-refractivity contribution in [2.24, 2.45) is 5.92 Å². The van der Waals surface area contributed by atoms with Crippen molar-refractivity contribution in [2.45, 2.75) is 19.8 Å². The average Bonchev–Trinajstić information content (AvgIpc) is 2.44. The normalized spacial score (nSPS) is 10.9. The van der Waals surface area contributed by atoms with Gasteiger partial charge in [-0.25, -0.2) is 0 Å². The molecule has 0 spiro atoms. The molecule has 0 aromatic rings. The Balaban J connectivity index is 5.39. The Labute approximate surface area is 117 Å². The summed E-state index contributed by atoms with van der Waals surface area (Å²) in [6.07, 6.45) is 5.64. The van der Waals surface area contributed by atoms with Crippen LogP contribution in [-0.2, 0) is 0 Å². The molecule has 0 aliphatic rings. The van der Waals surface area contributed by atoms with Crippen LogP contribution in [0.5, 0.6) is 0 Å². The van der Waals surface area contributed by atoms with E-state index in [1.54, 1.807) is 24.3 Å². The Kier molecular flexibility index (Phi) is 8.23. The highest BCUT2D eigenvalue weighted by molar-refractivity contribution is 6.31. The van der Waals surface area contributed by atoms with Crippen molar-refractivity contribution >= 4 is 11.6 Å². The van der Waals surface area contributed by atoms with E-state index in [9.17, 15) is 0 Å². The van der Waals surface area contributed by atoms with Gasteiger partial charge in [-0.2, -0.15) is 21.0 Å². The second kappa shape index (κ2) is 9.49. The number of hydrogen-bond donors (Lipinski definition) is 0. The summed E-state index contributed by atoms with van der Waals surface area (Å²) >= 11 is 6.05. The fourth-order valence-electron chi connectivity index (χ4n) is 1.20. The smallest absolute Gasteiger partial charge is 0.151 e. The molecule has 0 saturated carbocycles. The van der Waals surface area contributed by atoms with Gasteiger partial charge in [-0.05, 0) is 24.1 Å². The maximum absolute atomic E-state index is 8.71. The largest absolute Gasteiger partial charge is 0.197 e. The minimum absolute atomic E-state index is 0.0351. The number of halogens is 1. The highest BCUT2D eigenvalue weighted by atomic mass is 35.5. The minimum Gasteiger partial charge on any atom is -0.197 e. The van der Waals surface area contributed by atoms with E-state index in [1.165, 1.54) is 18.2 Å². The second-order valence-corrected chi connectivity index (χ2v) is 3.91. The third kappa shape index (κ3) is 6.09. The van der Waals surface area contributed by atoms with E-state index < -0.39 is 5.92 Å². The highest BCUT2D eigenvalue weighted by Crippen LogP contribution is 2.20. The van der Waals surface area contributed by atoms with Gasteiger partial charge in [0.05, 0.1) is 12.1 Å². The van der Waals surface area contributed by atoms with E-state index in [2.05, 4.69) is 0 Å². The summed E-state index contributed by atoms with van der Waals surface area (Å²) in [6, 6.07) is 7.11. The molecule has 0 aliphatic carbocycles. The topological polar surface area (TPSA) is 95.2 Å². The molecule has 0 saturated heterocycles. The van der Waals surface area contributed by atoms with E-state index in [-0.39, 0.29) is 5.57 Å². The molecule has 0 atom stereocenters. The predicted octanol–water partition coefficient (Wildman–Crippen LogP) is 3.47. The van der Waals surface area contributed by atoms with Gasteiger partial charge in [-0.1, -0.05) is 31.0 Å². The first-order valence-corrected chi connectivity index (χ1v) is 5.88. The molecule has 0 radical (unpaired) electrons. The van der Waals surface area contributed by atoms with Crippen molar-refractivity contribution in [3.05, 3.63) is 34.4 Å². The van der Waals surface area contributed by atoms with E-state index in [0.717, 1.165) is 6.42 Å². The third-order valence-corrected chi connectivity index (χ3v) is 2.47. The molecule has 0 bridgehead atoms. The van der Waals surface area contributed by atoms with Gasteiger partial charge >= 0.3 is 0 Å². The maximum Gasteiger partial charge on any atom is 0.151 e. The number of allylic oxidation sites excluding steroid dienone is 6. The highest BCUT2D eigenvalue weighted by Gasteiger charge is 2.03. The molecule has 0 N–H and O–H groups in total. The number of hydrogen-bond acceptors (Lipinski definition) is 4. The fourth-order valence-corrected chi connectivity index (χ4v) is 1.42. The van der Waals surface area contributed by atoms with Crippen LogP contribution < -0.4 is 0 Å². The monoisotopic (exact) mass is 270 g/mol. The molecular formula is C14H11ClN4. The first-order chi connectivity index (χ1) is 9.12. The Hall–Kier alpha value is -2.53. The van der Waals surface area contributed by atoms with Crippen LogP contribution in [-0.4, -0.2) is 0 Å². The Morgan fingerprint density at radius 1 is 1.16 bits per heavy atom. The Morgan fingerprint density at radius 2 is 1.74 bits per heavy atom. The van der Waals surface area contributed by atoms with E-state index in [4.69, 9.17) is 32.6 Å². The van der Waals surface area contributed by atoms with Gasteiger partial charge in [0.2, 0.25) is 0 Å². The van der Waals surface area contributed by atoms with Crippen LogP contribution in [0.1, 0.15) is 19.8 Å². The SMILES string of the molecule is CCC/C(C=C(C#N)C#N)=C(Cl)\C=C\C(C#N)C#N. The quantitative estimate of drug-likeness (QED) is 0.564. The van der Waals surface area contributed by atoms with Crippen LogP contribution in [0.15, 0.2) is 34.4 Å². The molecule has 0 rings (SSSR count). The van der Waals surface area contributed by atoms with E-state index in [0.29, 0.717) is 17.0 Å². The van der Waals surface area contributed by atoms with E-state index in [1.807, 2.05) is 6.92 Å². The first kappa shape index (κ1) is 16.5. The first-order valence-electron chi connectivity index (χ1n) is 5.50.